The number of amides is 1. The Labute approximate surface area is 144 Å². The second-order valence-electron chi connectivity index (χ2n) is 5.64. The van der Waals surface area contributed by atoms with Gasteiger partial charge in [0, 0.05) is 22.4 Å². The molecule has 124 valence electrons. The Hall–Kier alpha value is -1.87. The topological polar surface area (TPSA) is 29.1 Å². The van der Waals surface area contributed by atoms with E-state index in [0.717, 1.165) is 5.57 Å². The third-order valence-corrected chi connectivity index (χ3v) is 4.70. The van der Waals surface area contributed by atoms with Crippen LogP contribution in [0.5, 0.6) is 0 Å². The van der Waals surface area contributed by atoms with Crippen LogP contribution in [0, 0.1) is 20.8 Å². The summed E-state index contributed by atoms with van der Waals surface area (Å²) < 4.78 is 0. The van der Waals surface area contributed by atoms with E-state index in [1.54, 1.807) is 6.08 Å². The normalized spacial score (nSPS) is 13.3. The Balaban J connectivity index is 2.72. The number of carbonyl (C=O) groups is 1. The molecule has 0 fully saturated rings. The van der Waals surface area contributed by atoms with Crippen molar-refractivity contribution in [2.45, 2.75) is 41.5 Å². The molecule has 0 aliphatic carbocycles. The van der Waals surface area contributed by atoms with Gasteiger partial charge in [-0.3, -0.25) is 4.79 Å². The number of hydrogen-bond acceptors (Lipinski definition) is 2. The molecule has 1 heterocycles. The molecule has 0 aliphatic heterocycles. The summed E-state index contributed by atoms with van der Waals surface area (Å²) in [5.74, 6) is -0.0472. The molecule has 23 heavy (non-hydrogen) atoms. The van der Waals surface area contributed by atoms with Gasteiger partial charge in [-0.05, 0) is 58.2 Å². The minimum atomic E-state index is -0.0472. The minimum absolute atomic E-state index is 0.0472. The predicted molar refractivity (Wildman–Crippen MR) is 103 cm³/mol. The lowest BCUT2D eigenvalue weighted by Crippen LogP contribution is -2.20. The van der Waals surface area contributed by atoms with Crippen LogP contribution in [0.1, 0.15) is 41.7 Å². The number of carbonyl (C=O) groups excluding carboxylic acids is 1. The van der Waals surface area contributed by atoms with Gasteiger partial charge >= 0.3 is 0 Å². The standard InChI is InChI=1S/C20H27NOS/c1-7-21-20(22)13-15(3)10-8-9-14(2)11-12-19-16(4)17(5)23-18(19)6/h8-13H,7H2,1-6H3,(H,21,22)/b10-8?,12-11?,14-9?,15-13+. The lowest BCUT2D eigenvalue weighted by molar-refractivity contribution is -0.116. The quantitative estimate of drug-likeness (QED) is 0.559. The highest BCUT2D eigenvalue weighted by Crippen LogP contribution is 2.27. The first-order valence-electron chi connectivity index (χ1n) is 7.91. The van der Waals surface area contributed by atoms with Crippen molar-refractivity contribution in [3.8, 4) is 0 Å². The van der Waals surface area contributed by atoms with Crippen molar-refractivity contribution in [1.29, 1.82) is 0 Å². The molecule has 3 heteroatoms. The number of allylic oxidation sites excluding steroid dienone is 6. The van der Waals surface area contributed by atoms with E-state index >= 15 is 0 Å². The summed E-state index contributed by atoms with van der Waals surface area (Å²) in [6.45, 7) is 13.1. The average molecular weight is 330 g/mol. The fourth-order valence-corrected chi connectivity index (χ4v) is 3.21. The van der Waals surface area contributed by atoms with Crippen molar-refractivity contribution in [3.05, 3.63) is 62.4 Å². The SMILES string of the molecule is CCNC(=O)/C=C(\C)C=CC=C(C)C=Cc1c(C)sc(C)c1C. The largest absolute Gasteiger partial charge is 0.353 e. The van der Waals surface area contributed by atoms with Crippen LogP contribution in [-0.2, 0) is 4.79 Å². The number of aryl methyl sites for hydroxylation is 2. The molecule has 2 nitrogen and oxygen atoms in total. The van der Waals surface area contributed by atoms with Crippen LogP contribution in [0.2, 0.25) is 0 Å². The van der Waals surface area contributed by atoms with Gasteiger partial charge in [0.2, 0.25) is 5.91 Å². The van der Waals surface area contributed by atoms with Crippen LogP contribution in [0.4, 0.5) is 0 Å². The number of likely N-dealkylation sites (N-methyl/N-ethyl adjacent to an activating group) is 1. The molecule has 0 atom stereocenters. The molecular weight excluding hydrogens is 302 g/mol. The summed E-state index contributed by atoms with van der Waals surface area (Å²) in [6.07, 6.45) is 11.9. The van der Waals surface area contributed by atoms with Gasteiger partial charge in [0.15, 0.2) is 0 Å². The number of thiophene rings is 1. The van der Waals surface area contributed by atoms with E-state index in [-0.39, 0.29) is 5.91 Å². The van der Waals surface area contributed by atoms with E-state index in [1.807, 2.05) is 37.3 Å². The van der Waals surface area contributed by atoms with Gasteiger partial charge in [0.25, 0.3) is 0 Å². The van der Waals surface area contributed by atoms with Crippen LogP contribution >= 0.6 is 11.3 Å². The third kappa shape index (κ3) is 6.41. The van der Waals surface area contributed by atoms with E-state index in [1.165, 1.54) is 26.5 Å². The van der Waals surface area contributed by atoms with Crippen LogP contribution in [0.3, 0.4) is 0 Å². The summed E-state index contributed by atoms with van der Waals surface area (Å²) in [4.78, 5) is 14.2. The molecule has 0 spiro atoms. The summed E-state index contributed by atoms with van der Waals surface area (Å²) in [6, 6.07) is 0. The molecule has 0 unspecified atom stereocenters. The summed E-state index contributed by atoms with van der Waals surface area (Å²) in [7, 11) is 0. The minimum Gasteiger partial charge on any atom is -0.353 e. The van der Waals surface area contributed by atoms with Gasteiger partial charge in [-0.1, -0.05) is 36.0 Å². The Bertz CT molecular complexity index is 672. The van der Waals surface area contributed by atoms with Gasteiger partial charge in [0.05, 0.1) is 0 Å². The molecule has 0 saturated heterocycles. The predicted octanol–water partition coefficient (Wildman–Crippen LogP) is 5.27. The number of rotatable bonds is 6. The van der Waals surface area contributed by atoms with Crippen molar-refractivity contribution in [1.82, 2.24) is 5.32 Å². The molecule has 0 aromatic carbocycles. The number of hydrogen-bond donors (Lipinski definition) is 1. The monoisotopic (exact) mass is 329 g/mol. The van der Waals surface area contributed by atoms with Gasteiger partial charge in [-0.15, -0.1) is 11.3 Å². The summed E-state index contributed by atoms with van der Waals surface area (Å²) >= 11 is 1.85. The first-order chi connectivity index (χ1) is 10.8. The zero-order chi connectivity index (χ0) is 17.4. The molecule has 1 aromatic rings. The van der Waals surface area contributed by atoms with Crippen molar-refractivity contribution < 1.29 is 4.79 Å². The van der Waals surface area contributed by atoms with Crippen LogP contribution in [-0.4, -0.2) is 12.5 Å². The van der Waals surface area contributed by atoms with Crippen LogP contribution in [0.15, 0.2) is 41.5 Å². The lowest BCUT2D eigenvalue weighted by Gasteiger charge is -1.96. The molecule has 0 bridgehead atoms. The molecule has 1 amide bonds. The van der Waals surface area contributed by atoms with Crippen LogP contribution in [0.25, 0.3) is 6.08 Å². The lowest BCUT2D eigenvalue weighted by atomic mass is 10.1. The van der Waals surface area contributed by atoms with Crippen molar-refractivity contribution in [2.75, 3.05) is 6.54 Å². The Morgan fingerprint density at radius 1 is 1.09 bits per heavy atom. The smallest absolute Gasteiger partial charge is 0.244 e. The molecule has 1 rings (SSSR count). The second kappa shape index (κ2) is 9.31. The van der Waals surface area contributed by atoms with Crippen molar-refractivity contribution in [3.63, 3.8) is 0 Å². The van der Waals surface area contributed by atoms with E-state index in [0.29, 0.717) is 6.54 Å². The highest BCUT2D eigenvalue weighted by atomic mass is 32.1. The maximum atomic E-state index is 11.4. The third-order valence-electron chi connectivity index (χ3n) is 3.56. The van der Waals surface area contributed by atoms with Gasteiger partial charge in [-0.25, -0.2) is 0 Å². The van der Waals surface area contributed by atoms with E-state index in [2.05, 4.69) is 51.2 Å². The van der Waals surface area contributed by atoms with Gasteiger partial charge in [0.1, 0.15) is 0 Å². The maximum Gasteiger partial charge on any atom is 0.244 e. The molecule has 0 saturated carbocycles. The molecular formula is C20H27NOS. The molecule has 0 aliphatic rings. The van der Waals surface area contributed by atoms with E-state index in [4.69, 9.17) is 0 Å². The van der Waals surface area contributed by atoms with Crippen molar-refractivity contribution in [2.24, 2.45) is 0 Å². The highest BCUT2D eigenvalue weighted by molar-refractivity contribution is 7.12. The molecule has 1 N–H and O–H groups in total. The summed E-state index contributed by atoms with van der Waals surface area (Å²) in [5.41, 5.74) is 4.81. The number of nitrogens with one attached hydrogen (secondary N) is 1. The molecule has 0 radical (unpaired) electrons. The van der Waals surface area contributed by atoms with Gasteiger partial charge < -0.3 is 5.32 Å². The van der Waals surface area contributed by atoms with Gasteiger partial charge in [-0.2, -0.15) is 0 Å². The van der Waals surface area contributed by atoms with Crippen molar-refractivity contribution >= 4 is 23.3 Å². The van der Waals surface area contributed by atoms with Crippen LogP contribution < -0.4 is 5.32 Å². The molecule has 1 aromatic heterocycles. The Kier molecular flexibility index (Phi) is 7.76. The van der Waals surface area contributed by atoms with E-state index < -0.39 is 0 Å². The average Bonchev–Trinajstić information content (AvgIpc) is 2.70. The fraction of sp³-hybridized carbons (Fsp3) is 0.350. The second-order valence-corrected chi connectivity index (χ2v) is 7.07. The van der Waals surface area contributed by atoms with E-state index in [9.17, 15) is 4.79 Å². The Morgan fingerprint density at radius 2 is 1.78 bits per heavy atom. The summed E-state index contributed by atoms with van der Waals surface area (Å²) in [5, 5.41) is 2.75. The highest BCUT2D eigenvalue weighted by Gasteiger charge is 2.05. The maximum absolute atomic E-state index is 11.4. The first-order valence-corrected chi connectivity index (χ1v) is 8.72. The first kappa shape index (κ1) is 19.2. The fourth-order valence-electron chi connectivity index (χ4n) is 2.16. The zero-order valence-corrected chi connectivity index (χ0v) is 15.8. The Morgan fingerprint density at radius 3 is 2.35 bits per heavy atom. The zero-order valence-electron chi connectivity index (χ0n) is 15.0.